The molecular formula is C19H17N3O3. The lowest BCUT2D eigenvalue weighted by molar-refractivity contribution is 0.0626. The van der Waals surface area contributed by atoms with E-state index in [1.165, 1.54) is 0 Å². The Kier molecular flexibility index (Phi) is 5.29. The van der Waals surface area contributed by atoms with E-state index in [0.29, 0.717) is 17.1 Å². The van der Waals surface area contributed by atoms with Gasteiger partial charge in [0.15, 0.2) is 0 Å². The molecule has 1 heterocycles. The van der Waals surface area contributed by atoms with Gasteiger partial charge in [0.1, 0.15) is 30.8 Å². The molecule has 0 spiro atoms. The Morgan fingerprint density at radius 2 is 1.60 bits per heavy atom. The summed E-state index contributed by atoms with van der Waals surface area (Å²) < 4.78 is 12.8. The maximum Gasteiger partial charge on any atom is 0.122 e. The van der Waals surface area contributed by atoms with E-state index >= 15 is 0 Å². The topological polar surface area (TPSA) is 80.3 Å². The van der Waals surface area contributed by atoms with E-state index < -0.39 is 6.10 Å². The van der Waals surface area contributed by atoms with Crippen molar-refractivity contribution in [1.29, 1.82) is 5.26 Å². The first kappa shape index (κ1) is 16.6. The molecule has 3 aromatic rings. The minimum atomic E-state index is -0.763. The maximum atomic E-state index is 9.96. The molecule has 25 heavy (non-hydrogen) atoms. The molecule has 0 fully saturated rings. The maximum absolute atomic E-state index is 9.96. The third kappa shape index (κ3) is 4.59. The molecule has 0 aliphatic carbocycles. The lowest BCUT2D eigenvalue weighted by Gasteiger charge is -2.14. The lowest BCUT2D eigenvalue weighted by Crippen LogP contribution is -2.25. The number of rotatable bonds is 7. The molecule has 0 saturated heterocycles. The molecule has 0 bridgehead atoms. The molecule has 0 amide bonds. The van der Waals surface area contributed by atoms with Gasteiger partial charge in [0.2, 0.25) is 0 Å². The van der Waals surface area contributed by atoms with Crippen molar-refractivity contribution in [2.45, 2.75) is 6.10 Å². The molecule has 1 aromatic heterocycles. The number of hydrogen-bond donors (Lipinski definition) is 1. The summed E-state index contributed by atoms with van der Waals surface area (Å²) in [6.45, 7) is 0.231. The van der Waals surface area contributed by atoms with Crippen molar-refractivity contribution in [2.75, 3.05) is 13.2 Å². The van der Waals surface area contributed by atoms with Gasteiger partial charge in [0.05, 0.1) is 17.3 Å². The summed E-state index contributed by atoms with van der Waals surface area (Å²) in [6, 6.07) is 18.0. The van der Waals surface area contributed by atoms with E-state index in [1.807, 2.05) is 42.6 Å². The molecule has 0 unspecified atom stereocenters. The van der Waals surface area contributed by atoms with Crippen LogP contribution in [0.1, 0.15) is 5.56 Å². The number of aliphatic hydroxyl groups excluding tert-OH is 1. The first-order valence-electron chi connectivity index (χ1n) is 7.78. The Bertz CT molecular complexity index is 822. The molecular weight excluding hydrogens is 318 g/mol. The van der Waals surface area contributed by atoms with Gasteiger partial charge in [0.25, 0.3) is 0 Å². The fourth-order valence-corrected chi connectivity index (χ4v) is 2.18. The van der Waals surface area contributed by atoms with Crippen LogP contribution in [0.2, 0.25) is 0 Å². The minimum Gasteiger partial charge on any atom is -0.491 e. The van der Waals surface area contributed by atoms with Crippen molar-refractivity contribution in [3.63, 3.8) is 0 Å². The largest absolute Gasteiger partial charge is 0.491 e. The molecule has 6 nitrogen and oxygen atoms in total. The van der Waals surface area contributed by atoms with Gasteiger partial charge >= 0.3 is 0 Å². The zero-order valence-corrected chi connectivity index (χ0v) is 13.4. The van der Waals surface area contributed by atoms with Crippen LogP contribution in [0.15, 0.2) is 67.0 Å². The predicted octanol–water partition coefficient (Wildman–Crippen LogP) is 2.56. The monoisotopic (exact) mass is 335 g/mol. The van der Waals surface area contributed by atoms with Gasteiger partial charge in [-0.1, -0.05) is 0 Å². The highest BCUT2D eigenvalue weighted by Crippen LogP contribution is 2.15. The highest BCUT2D eigenvalue weighted by molar-refractivity contribution is 5.36. The van der Waals surface area contributed by atoms with Crippen molar-refractivity contribution in [3.8, 4) is 23.3 Å². The highest BCUT2D eigenvalue weighted by atomic mass is 16.5. The standard InChI is InChI=1S/C19H17N3O3/c20-12-15-2-6-18(7-3-15)24-13-17(23)14-25-19-8-4-16(5-9-19)22-11-1-10-21-22/h1-11,17,23H,13-14H2/t17-/m0/s1. The molecule has 1 N–H and O–H groups in total. The third-order valence-corrected chi connectivity index (χ3v) is 3.47. The lowest BCUT2D eigenvalue weighted by atomic mass is 10.2. The van der Waals surface area contributed by atoms with Gasteiger partial charge < -0.3 is 14.6 Å². The molecule has 3 rings (SSSR count). The Hall–Kier alpha value is -3.30. The van der Waals surface area contributed by atoms with E-state index in [1.54, 1.807) is 35.1 Å². The molecule has 2 aromatic carbocycles. The molecule has 0 aliphatic rings. The fourth-order valence-electron chi connectivity index (χ4n) is 2.18. The second kappa shape index (κ2) is 7.99. The second-order valence-corrected chi connectivity index (χ2v) is 5.36. The van der Waals surface area contributed by atoms with Crippen LogP contribution in [-0.4, -0.2) is 34.2 Å². The number of nitrogens with zero attached hydrogens (tertiary/aromatic N) is 3. The Morgan fingerprint density at radius 3 is 2.12 bits per heavy atom. The average Bonchev–Trinajstić information content (AvgIpc) is 3.20. The second-order valence-electron chi connectivity index (χ2n) is 5.36. The summed E-state index contributed by atoms with van der Waals surface area (Å²) in [6.07, 6.45) is 2.82. The van der Waals surface area contributed by atoms with Gasteiger partial charge in [-0.15, -0.1) is 0 Å². The molecule has 1 atom stereocenters. The summed E-state index contributed by atoms with van der Waals surface area (Å²) >= 11 is 0. The molecule has 0 radical (unpaired) electrons. The minimum absolute atomic E-state index is 0.108. The third-order valence-electron chi connectivity index (χ3n) is 3.47. The first-order valence-corrected chi connectivity index (χ1v) is 7.78. The summed E-state index contributed by atoms with van der Waals surface area (Å²) in [4.78, 5) is 0. The average molecular weight is 335 g/mol. The van der Waals surface area contributed by atoms with Gasteiger partial charge in [0, 0.05) is 12.4 Å². The van der Waals surface area contributed by atoms with Crippen molar-refractivity contribution >= 4 is 0 Å². The summed E-state index contributed by atoms with van der Waals surface area (Å²) in [5, 5.41) is 22.9. The van der Waals surface area contributed by atoms with Crippen LogP contribution in [0.5, 0.6) is 11.5 Å². The predicted molar refractivity (Wildman–Crippen MR) is 91.7 cm³/mol. The number of hydrogen-bond acceptors (Lipinski definition) is 5. The van der Waals surface area contributed by atoms with E-state index in [9.17, 15) is 5.11 Å². The highest BCUT2D eigenvalue weighted by Gasteiger charge is 2.07. The van der Waals surface area contributed by atoms with Crippen molar-refractivity contribution in [2.24, 2.45) is 0 Å². The van der Waals surface area contributed by atoms with Crippen LogP contribution in [-0.2, 0) is 0 Å². The molecule has 0 aliphatic heterocycles. The van der Waals surface area contributed by atoms with E-state index in [0.717, 1.165) is 5.69 Å². The van der Waals surface area contributed by atoms with E-state index in [-0.39, 0.29) is 13.2 Å². The van der Waals surface area contributed by atoms with E-state index in [4.69, 9.17) is 14.7 Å². The number of ether oxygens (including phenoxy) is 2. The molecule has 0 saturated carbocycles. The SMILES string of the molecule is N#Cc1ccc(OC[C@H](O)COc2ccc(-n3cccn3)cc2)cc1. The number of nitriles is 1. The zero-order chi connectivity index (χ0) is 17.5. The Labute approximate surface area is 145 Å². The zero-order valence-electron chi connectivity index (χ0n) is 13.4. The van der Waals surface area contributed by atoms with Crippen molar-refractivity contribution in [1.82, 2.24) is 9.78 Å². The molecule has 6 heteroatoms. The molecule has 126 valence electrons. The van der Waals surface area contributed by atoms with Crippen LogP contribution >= 0.6 is 0 Å². The van der Waals surface area contributed by atoms with Crippen LogP contribution < -0.4 is 9.47 Å². The summed E-state index contributed by atoms with van der Waals surface area (Å²) in [7, 11) is 0. The van der Waals surface area contributed by atoms with Crippen LogP contribution in [0.25, 0.3) is 5.69 Å². The van der Waals surface area contributed by atoms with Crippen LogP contribution in [0.4, 0.5) is 0 Å². The van der Waals surface area contributed by atoms with Crippen molar-refractivity contribution in [3.05, 3.63) is 72.6 Å². The smallest absolute Gasteiger partial charge is 0.122 e. The Balaban J connectivity index is 1.45. The summed E-state index contributed by atoms with van der Waals surface area (Å²) in [5.74, 6) is 1.26. The first-order chi connectivity index (χ1) is 12.2. The fraction of sp³-hybridized carbons (Fsp3) is 0.158. The number of aliphatic hydroxyl groups is 1. The van der Waals surface area contributed by atoms with Gasteiger partial charge in [-0.05, 0) is 54.6 Å². The summed E-state index contributed by atoms with van der Waals surface area (Å²) in [5.41, 5.74) is 1.50. The van der Waals surface area contributed by atoms with E-state index in [2.05, 4.69) is 5.10 Å². The quantitative estimate of drug-likeness (QED) is 0.718. The van der Waals surface area contributed by atoms with Crippen LogP contribution in [0, 0.1) is 11.3 Å². The number of aromatic nitrogens is 2. The van der Waals surface area contributed by atoms with Gasteiger partial charge in [-0.2, -0.15) is 10.4 Å². The van der Waals surface area contributed by atoms with Gasteiger partial charge in [-0.25, -0.2) is 4.68 Å². The van der Waals surface area contributed by atoms with Crippen molar-refractivity contribution < 1.29 is 14.6 Å². The van der Waals surface area contributed by atoms with Gasteiger partial charge in [-0.3, -0.25) is 0 Å². The van der Waals surface area contributed by atoms with Crippen LogP contribution in [0.3, 0.4) is 0 Å². The number of benzene rings is 2. The normalized spacial score (nSPS) is 11.5. The Morgan fingerprint density at radius 1 is 1.00 bits per heavy atom.